The Labute approximate surface area is 82.5 Å². The molecule has 0 bridgehead atoms. The number of hydrogen-bond donors (Lipinski definition) is 1. The molecule has 14 heavy (non-hydrogen) atoms. The average molecular weight is 198 g/mol. The largest absolute Gasteiger partial charge is 0.502 e. The van der Waals surface area contributed by atoms with Crippen molar-refractivity contribution >= 4 is 5.97 Å². The second-order valence-electron chi connectivity index (χ2n) is 4.52. The van der Waals surface area contributed by atoms with Crippen LogP contribution in [0.4, 0.5) is 0 Å². The molecule has 1 N–H and O–H groups in total. The lowest BCUT2D eigenvalue weighted by molar-refractivity contribution is -0.246. The number of rotatable bonds is 0. The third-order valence-corrected chi connectivity index (χ3v) is 2.76. The maximum Gasteiger partial charge on any atom is 0.376 e. The smallest absolute Gasteiger partial charge is 0.376 e. The molecule has 0 aromatic rings. The van der Waals surface area contributed by atoms with Gasteiger partial charge in [0.2, 0.25) is 11.5 Å². The zero-order valence-corrected chi connectivity index (χ0v) is 8.59. The summed E-state index contributed by atoms with van der Waals surface area (Å²) in [6.07, 6.45) is 1.42. The van der Waals surface area contributed by atoms with Gasteiger partial charge in [-0.3, -0.25) is 0 Å². The van der Waals surface area contributed by atoms with Gasteiger partial charge in [0, 0.05) is 6.92 Å². The molecule has 0 saturated carbocycles. The highest BCUT2D eigenvalue weighted by Gasteiger charge is 2.51. The van der Waals surface area contributed by atoms with Crippen molar-refractivity contribution in [3.63, 3.8) is 0 Å². The van der Waals surface area contributed by atoms with E-state index in [1.807, 2.05) is 13.8 Å². The highest BCUT2D eigenvalue weighted by atomic mass is 16.7. The molecular formula is C10H14O4. The van der Waals surface area contributed by atoms with Crippen molar-refractivity contribution < 1.29 is 19.4 Å². The highest BCUT2D eigenvalue weighted by Crippen LogP contribution is 2.44. The molecule has 78 valence electrons. The topological polar surface area (TPSA) is 55.8 Å². The first-order chi connectivity index (χ1) is 6.34. The van der Waals surface area contributed by atoms with Gasteiger partial charge in [0.25, 0.3) is 0 Å². The summed E-state index contributed by atoms with van der Waals surface area (Å²) in [5.74, 6) is -2.01. The van der Waals surface area contributed by atoms with Crippen LogP contribution in [0, 0.1) is 0 Å². The van der Waals surface area contributed by atoms with E-state index in [1.54, 1.807) is 6.92 Å². The minimum atomic E-state index is -1.05. The average Bonchev–Trinajstić information content (AvgIpc) is 2.19. The molecule has 2 aliphatic rings. The van der Waals surface area contributed by atoms with Crippen LogP contribution in [-0.2, 0) is 14.3 Å². The van der Waals surface area contributed by atoms with Gasteiger partial charge < -0.3 is 14.6 Å². The van der Waals surface area contributed by atoms with E-state index >= 15 is 0 Å². The molecule has 0 aromatic heterocycles. The molecule has 1 saturated heterocycles. The number of aliphatic hydroxyl groups is 1. The lowest BCUT2D eigenvalue weighted by atomic mass is 9.90. The molecule has 4 nitrogen and oxygen atoms in total. The molecule has 0 aromatic carbocycles. The molecule has 2 heterocycles. The normalized spacial score (nSPS) is 35.5. The van der Waals surface area contributed by atoms with Gasteiger partial charge in [0.1, 0.15) is 0 Å². The quantitative estimate of drug-likeness (QED) is 0.601. The fourth-order valence-corrected chi connectivity index (χ4v) is 2.06. The van der Waals surface area contributed by atoms with Crippen molar-refractivity contribution in [3.05, 3.63) is 11.3 Å². The Bertz CT molecular complexity index is 329. The molecule has 0 aliphatic carbocycles. The Morgan fingerprint density at radius 2 is 2.00 bits per heavy atom. The number of aliphatic hydroxyl groups excluding tert-OH is 1. The molecule has 4 heteroatoms. The fraction of sp³-hybridized carbons (Fsp3) is 0.700. The van der Waals surface area contributed by atoms with E-state index in [9.17, 15) is 9.90 Å². The van der Waals surface area contributed by atoms with E-state index in [-0.39, 0.29) is 11.4 Å². The predicted octanol–water partition coefficient (Wildman–Crippen LogP) is 1.66. The Kier molecular flexibility index (Phi) is 1.71. The van der Waals surface area contributed by atoms with Crippen LogP contribution in [0.3, 0.4) is 0 Å². The minimum Gasteiger partial charge on any atom is -0.502 e. The Morgan fingerprint density at radius 3 is 2.64 bits per heavy atom. The zero-order valence-electron chi connectivity index (χ0n) is 8.59. The van der Waals surface area contributed by atoms with E-state index < -0.39 is 11.8 Å². The van der Waals surface area contributed by atoms with Crippen molar-refractivity contribution in [2.75, 3.05) is 0 Å². The van der Waals surface area contributed by atoms with Crippen molar-refractivity contribution in [3.8, 4) is 0 Å². The molecule has 1 fully saturated rings. The Balaban J connectivity index is 2.37. The summed E-state index contributed by atoms with van der Waals surface area (Å²) in [5.41, 5.74) is 0.255. The monoisotopic (exact) mass is 198 g/mol. The zero-order chi connectivity index (χ0) is 10.6. The van der Waals surface area contributed by atoms with Gasteiger partial charge in [0.15, 0.2) is 0 Å². The molecular weight excluding hydrogens is 184 g/mol. The number of carbonyl (C=O) groups is 1. The van der Waals surface area contributed by atoms with Gasteiger partial charge in [-0.15, -0.1) is 0 Å². The Hall–Kier alpha value is -1.03. The van der Waals surface area contributed by atoms with Crippen LogP contribution in [0.25, 0.3) is 0 Å². The SMILES string of the molecule is CC1(C)CCC2=C(O)C(=O)O[C@]2(C)O1. The molecule has 0 spiro atoms. The summed E-state index contributed by atoms with van der Waals surface area (Å²) in [6.45, 7) is 5.56. The van der Waals surface area contributed by atoms with Gasteiger partial charge in [-0.2, -0.15) is 0 Å². The van der Waals surface area contributed by atoms with Crippen molar-refractivity contribution in [1.82, 2.24) is 0 Å². The van der Waals surface area contributed by atoms with Gasteiger partial charge in [0.05, 0.1) is 11.2 Å². The summed E-state index contributed by atoms with van der Waals surface area (Å²) in [4.78, 5) is 11.1. The molecule has 2 rings (SSSR count). The van der Waals surface area contributed by atoms with Crippen LogP contribution in [0.1, 0.15) is 33.6 Å². The van der Waals surface area contributed by atoms with Crippen LogP contribution >= 0.6 is 0 Å². The molecule has 2 aliphatic heterocycles. The maximum atomic E-state index is 11.1. The van der Waals surface area contributed by atoms with Crippen LogP contribution in [0.5, 0.6) is 0 Å². The third-order valence-electron chi connectivity index (χ3n) is 2.76. The first-order valence-electron chi connectivity index (χ1n) is 4.70. The van der Waals surface area contributed by atoms with Gasteiger partial charge in [-0.25, -0.2) is 4.79 Å². The summed E-state index contributed by atoms with van der Waals surface area (Å²) in [7, 11) is 0. The molecule has 0 unspecified atom stereocenters. The van der Waals surface area contributed by atoms with Crippen molar-refractivity contribution in [2.24, 2.45) is 0 Å². The van der Waals surface area contributed by atoms with E-state index in [0.717, 1.165) is 6.42 Å². The highest BCUT2D eigenvalue weighted by molar-refractivity contribution is 5.90. The lowest BCUT2D eigenvalue weighted by Crippen LogP contribution is -2.45. The summed E-state index contributed by atoms with van der Waals surface area (Å²) in [5, 5.41) is 9.45. The number of ether oxygens (including phenoxy) is 2. The molecule has 0 radical (unpaired) electrons. The molecule has 0 amide bonds. The predicted molar refractivity (Wildman–Crippen MR) is 48.5 cm³/mol. The summed E-state index contributed by atoms with van der Waals surface area (Å²) >= 11 is 0. The van der Waals surface area contributed by atoms with Crippen molar-refractivity contribution in [2.45, 2.75) is 45.0 Å². The Morgan fingerprint density at radius 1 is 1.36 bits per heavy atom. The first-order valence-corrected chi connectivity index (χ1v) is 4.70. The van der Waals surface area contributed by atoms with Gasteiger partial charge in [-0.05, 0) is 26.7 Å². The number of fused-ring (bicyclic) bond motifs is 1. The number of esters is 1. The molecule has 1 atom stereocenters. The van der Waals surface area contributed by atoms with E-state index in [0.29, 0.717) is 12.0 Å². The third kappa shape index (κ3) is 1.21. The summed E-state index contributed by atoms with van der Waals surface area (Å²) < 4.78 is 10.7. The maximum absolute atomic E-state index is 11.1. The van der Waals surface area contributed by atoms with E-state index in [1.165, 1.54) is 0 Å². The lowest BCUT2D eigenvalue weighted by Gasteiger charge is -2.40. The van der Waals surface area contributed by atoms with E-state index in [2.05, 4.69) is 0 Å². The second kappa shape index (κ2) is 2.51. The van der Waals surface area contributed by atoms with Crippen molar-refractivity contribution in [1.29, 1.82) is 0 Å². The first kappa shape index (κ1) is 9.52. The van der Waals surface area contributed by atoms with Gasteiger partial charge >= 0.3 is 5.97 Å². The number of carbonyl (C=O) groups excluding carboxylic acids is 1. The fourth-order valence-electron chi connectivity index (χ4n) is 2.06. The second-order valence-corrected chi connectivity index (χ2v) is 4.52. The standard InChI is InChI=1S/C10H14O4/c1-9(2)5-4-6-7(11)8(12)13-10(6,3)14-9/h11H,4-5H2,1-3H3/t10-/m1/s1. The van der Waals surface area contributed by atoms with Crippen LogP contribution in [0.15, 0.2) is 11.3 Å². The summed E-state index contributed by atoms with van der Waals surface area (Å²) in [6, 6.07) is 0. The van der Waals surface area contributed by atoms with Crippen LogP contribution in [-0.4, -0.2) is 22.5 Å². The van der Waals surface area contributed by atoms with E-state index in [4.69, 9.17) is 9.47 Å². The van der Waals surface area contributed by atoms with Crippen LogP contribution in [0.2, 0.25) is 0 Å². The number of hydrogen-bond acceptors (Lipinski definition) is 4. The minimum absolute atomic E-state index is 0.275. The van der Waals surface area contributed by atoms with Gasteiger partial charge in [-0.1, -0.05) is 0 Å². The van der Waals surface area contributed by atoms with Crippen LogP contribution < -0.4 is 0 Å².